The van der Waals surface area contributed by atoms with Crippen molar-refractivity contribution in [2.24, 2.45) is 11.8 Å². The molecule has 2 N–H and O–H groups in total. The van der Waals surface area contributed by atoms with Gasteiger partial charge < -0.3 is 20.3 Å². The molecule has 1 saturated heterocycles. The van der Waals surface area contributed by atoms with Gasteiger partial charge in [-0.25, -0.2) is 4.79 Å². The molecule has 1 heterocycles. The quantitative estimate of drug-likeness (QED) is 0.365. The summed E-state index contributed by atoms with van der Waals surface area (Å²) in [6.07, 6.45) is 0.675. The molecule has 0 aliphatic carbocycles. The molecule has 0 saturated carbocycles. The number of benzene rings is 3. The second-order valence-corrected chi connectivity index (χ2v) is 11.1. The number of ether oxygens (including phenoxy) is 1. The Kier molecular flexibility index (Phi) is 8.10. The highest BCUT2D eigenvalue weighted by molar-refractivity contribution is 6.30. The first-order valence-corrected chi connectivity index (χ1v) is 12.9. The van der Waals surface area contributed by atoms with Crippen molar-refractivity contribution < 1.29 is 9.53 Å². The van der Waals surface area contributed by atoms with Gasteiger partial charge in [0.25, 0.3) is 0 Å². The van der Waals surface area contributed by atoms with Crippen molar-refractivity contribution in [3.05, 3.63) is 95.0 Å². The molecule has 1 amide bonds. The fraction of sp³-hybridized carbons (Fsp3) is 0.367. The molecule has 3 aromatic carbocycles. The third-order valence-corrected chi connectivity index (χ3v) is 6.79. The molecule has 5 nitrogen and oxygen atoms in total. The smallest absolute Gasteiger partial charge is 0.410 e. The molecular formula is C30H36ClN3O2. The predicted octanol–water partition coefficient (Wildman–Crippen LogP) is 6.65. The highest BCUT2D eigenvalue weighted by Crippen LogP contribution is 2.31. The van der Waals surface area contributed by atoms with Gasteiger partial charge in [-0.2, -0.15) is 0 Å². The third-order valence-electron chi connectivity index (χ3n) is 6.54. The molecule has 6 heteroatoms. The topological polar surface area (TPSA) is 58.8 Å². The van der Waals surface area contributed by atoms with E-state index in [-0.39, 0.29) is 12.0 Å². The van der Waals surface area contributed by atoms with Crippen LogP contribution in [0.3, 0.4) is 0 Å². The minimum atomic E-state index is -0.521. The highest BCUT2D eigenvalue weighted by Gasteiger charge is 2.38. The lowest BCUT2D eigenvalue weighted by atomic mass is 9.89. The van der Waals surface area contributed by atoms with Crippen LogP contribution in [0.5, 0.6) is 0 Å². The van der Waals surface area contributed by atoms with Gasteiger partial charge in [-0.05, 0) is 86.6 Å². The maximum absolute atomic E-state index is 13.0. The standard InChI is InChI=1S/C30H36ClN3O2/c1-30(2,3)36-29(35)34-19-24(16-22-8-5-4-6-9-22)25(21-34)20-33(28-14-12-26(31)13-15-28)18-23-10-7-11-27(32)17-23/h4-15,17,24-25H,16,18-21,32H2,1-3H3/t24-,25-/m0/s1. The SMILES string of the molecule is CC(C)(C)OC(=O)N1C[C@H](CN(Cc2cccc(N)c2)c2ccc(Cl)cc2)[C@@H](Cc2ccccc2)C1. The van der Waals surface area contributed by atoms with Crippen molar-refractivity contribution in [1.82, 2.24) is 4.90 Å². The van der Waals surface area contributed by atoms with Gasteiger partial charge >= 0.3 is 6.09 Å². The zero-order valence-electron chi connectivity index (χ0n) is 21.4. The summed E-state index contributed by atoms with van der Waals surface area (Å²) >= 11 is 6.19. The number of hydrogen-bond acceptors (Lipinski definition) is 4. The Hall–Kier alpha value is -3.18. The summed E-state index contributed by atoms with van der Waals surface area (Å²) < 4.78 is 5.72. The summed E-state index contributed by atoms with van der Waals surface area (Å²) in [7, 11) is 0. The largest absolute Gasteiger partial charge is 0.444 e. The molecule has 190 valence electrons. The van der Waals surface area contributed by atoms with Crippen molar-refractivity contribution in [3.63, 3.8) is 0 Å². The van der Waals surface area contributed by atoms with Gasteiger partial charge in [-0.1, -0.05) is 54.1 Å². The Morgan fingerprint density at radius 3 is 2.31 bits per heavy atom. The van der Waals surface area contributed by atoms with Crippen molar-refractivity contribution in [2.75, 3.05) is 30.3 Å². The Morgan fingerprint density at radius 1 is 0.972 bits per heavy atom. The zero-order valence-corrected chi connectivity index (χ0v) is 22.1. The summed E-state index contributed by atoms with van der Waals surface area (Å²) in [5.74, 6) is 0.588. The molecule has 0 spiro atoms. The van der Waals surface area contributed by atoms with Crippen molar-refractivity contribution in [1.29, 1.82) is 0 Å². The Labute approximate surface area is 219 Å². The van der Waals surface area contributed by atoms with Gasteiger partial charge in [0.2, 0.25) is 0 Å². The first-order chi connectivity index (χ1) is 17.2. The van der Waals surface area contributed by atoms with E-state index in [1.54, 1.807) is 0 Å². The van der Waals surface area contributed by atoms with Gasteiger partial charge in [-0.15, -0.1) is 0 Å². The van der Waals surface area contributed by atoms with Crippen LogP contribution in [0.1, 0.15) is 31.9 Å². The maximum atomic E-state index is 13.0. The first kappa shape index (κ1) is 25.9. The molecule has 1 aliphatic rings. The van der Waals surface area contributed by atoms with E-state index in [1.165, 1.54) is 5.56 Å². The van der Waals surface area contributed by atoms with Crippen LogP contribution in [0.25, 0.3) is 0 Å². The monoisotopic (exact) mass is 505 g/mol. The van der Waals surface area contributed by atoms with Gasteiger partial charge in [-0.3, -0.25) is 0 Å². The summed E-state index contributed by atoms with van der Waals surface area (Å²) in [6, 6.07) is 26.5. The number of anilines is 2. The lowest BCUT2D eigenvalue weighted by Crippen LogP contribution is -2.36. The van der Waals surface area contributed by atoms with Gasteiger partial charge in [0.05, 0.1) is 0 Å². The van der Waals surface area contributed by atoms with E-state index in [1.807, 2.05) is 62.1 Å². The van der Waals surface area contributed by atoms with E-state index in [0.717, 1.165) is 29.9 Å². The minimum Gasteiger partial charge on any atom is -0.444 e. The molecule has 0 unspecified atom stereocenters. The molecule has 0 aromatic heterocycles. The van der Waals surface area contributed by atoms with Crippen LogP contribution >= 0.6 is 11.6 Å². The van der Waals surface area contributed by atoms with Crippen LogP contribution < -0.4 is 10.6 Å². The number of hydrogen-bond donors (Lipinski definition) is 1. The molecule has 1 aliphatic heterocycles. The number of likely N-dealkylation sites (tertiary alicyclic amines) is 1. The Balaban J connectivity index is 1.59. The summed E-state index contributed by atoms with van der Waals surface area (Å²) in [5.41, 5.74) is 9.83. The number of amides is 1. The third kappa shape index (κ3) is 7.17. The lowest BCUT2D eigenvalue weighted by molar-refractivity contribution is 0.0284. The second-order valence-electron chi connectivity index (χ2n) is 10.7. The molecule has 3 aromatic rings. The van der Waals surface area contributed by atoms with E-state index in [0.29, 0.717) is 30.6 Å². The van der Waals surface area contributed by atoms with Gasteiger partial charge in [0, 0.05) is 42.6 Å². The van der Waals surface area contributed by atoms with Crippen molar-refractivity contribution in [3.8, 4) is 0 Å². The van der Waals surface area contributed by atoms with Crippen LogP contribution in [-0.4, -0.2) is 36.2 Å². The molecule has 0 radical (unpaired) electrons. The zero-order chi connectivity index (χ0) is 25.7. The number of nitrogen functional groups attached to an aromatic ring is 1. The molecule has 36 heavy (non-hydrogen) atoms. The van der Waals surface area contributed by atoms with Crippen LogP contribution in [0.15, 0.2) is 78.9 Å². The normalized spacial score (nSPS) is 17.7. The number of carbonyl (C=O) groups is 1. The number of halogens is 1. The Morgan fingerprint density at radius 2 is 1.64 bits per heavy atom. The second kappa shape index (κ2) is 11.3. The maximum Gasteiger partial charge on any atom is 0.410 e. The summed E-state index contributed by atoms with van der Waals surface area (Å²) in [4.78, 5) is 17.2. The molecule has 1 fully saturated rings. The van der Waals surface area contributed by atoms with E-state index >= 15 is 0 Å². The number of carbonyl (C=O) groups excluding carboxylic acids is 1. The van der Waals surface area contributed by atoms with E-state index < -0.39 is 5.60 Å². The number of nitrogens with two attached hydrogens (primary N) is 1. The van der Waals surface area contributed by atoms with Crippen LogP contribution in [0.4, 0.5) is 16.2 Å². The predicted molar refractivity (Wildman–Crippen MR) is 148 cm³/mol. The van der Waals surface area contributed by atoms with Crippen LogP contribution in [-0.2, 0) is 17.7 Å². The average molecular weight is 506 g/mol. The summed E-state index contributed by atoms with van der Waals surface area (Å²) in [5, 5.41) is 0.710. The summed E-state index contributed by atoms with van der Waals surface area (Å²) in [6.45, 7) is 8.59. The highest BCUT2D eigenvalue weighted by atomic mass is 35.5. The van der Waals surface area contributed by atoms with E-state index in [2.05, 4.69) is 47.4 Å². The number of nitrogens with zero attached hydrogens (tertiary/aromatic N) is 2. The lowest BCUT2D eigenvalue weighted by Gasteiger charge is -2.30. The van der Waals surface area contributed by atoms with E-state index in [9.17, 15) is 4.79 Å². The van der Waals surface area contributed by atoms with Gasteiger partial charge in [0.15, 0.2) is 0 Å². The van der Waals surface area contributed by atoms with Crippen molar-refractivity contribution >= 4 is 29.1 Å². The molecule has 0 bridgehead atoms. The Bertz CT molecular complexity index is 1140. The van der Waals surface area contributed by atoms with Crippen LogP contribution in [0, 0.1) is 11.8 Å². The molecular weight excluding hydrogens is 470 g/mol. The van der Waals surface area contributed by atoms with E-state index in [4.69, 9.17) is 22.1 Å². The van der Waals surface area contributed by atoms with Gasteiger partial charge in [0.1, 0.15) is 5.60 Å². The fourth-order valence-electron chi connectivity index (χ4n) is 4.88. The van der Waals surface area contributed by atoms with Crippen molar-refractivity contribution in [2.45, 2.75) is 39.3 Å². The minimum absolute atomic E-state index is 0.239. The molecule has 4 rings (SSSR count). The first-order valence-electron chi connectivity index (χ1n) is 12.5. The average Bonchev–Trinajstić information content (AvgIpc) is 3.21. The molecule has 2 atom stereocenters. The van der Waals surface area contributed by atoms with Crippen LogP contribution in [0.2, 0.25) is 5.02 Å². The fourth-order valence-corrected chi connectivity index (χ4v) is 5.00. The number of rotatable bonds is 7.